The number of ether oxygens (including phenoxy) is 1. The molecule has 0 radical (unpaired) electrons. The minimum absolute atomic E-state index is 0.0366. The van der Waals surface area contributed by atoms with Crippen LogP contribution in [0.15, 0.2) is 18.3 Å². The highest BCUT2D eigenvalue weighted by molar-refractivity contribution is 6.74. The molecule has 0 saturated carbocycles. The average Bonchev–Trinajstić information content (AvgIpc) is 3.01. The van der Waals surface area contributed by atoms with Crippen molar-refractivity contribution in [3.8, 4) is 11.6 Å². The van der Waals surface area contributed by atoms with Gasteiger partial charge in [0.2, 0.25) is 0 Å². The molecule has 29 heavy (non-hydrogen) atoms. The molecule has 2 heterocycles. The van der Waals surface area contributed by atoms with E-state index in [1.807, 2.05) is 20.0 Å². The fraction of sp³-hybridized carbons (Fsp3) is 0.579. The summed E-state index contributed by atoms with van der Waals surface area (Å²) in [7, 11) is -2.09. The number of rotatable bonds is 8. The number of nitrogens with zero attached hydrogens (tertiary/aromatic N) is 4. The summed E-state index contributed by atoms with van der Waals surface area (Å²) < 4.78 is 26.8. The second-order valence-electron chi connectivity index (χ2n) is 8.56. The van der Waals surface area contributed by atoms with Crippen molar-refractivity contribution in [3.63, 3.8) is 0 Å². The Bertz CT molecular complexity index is 880. The van der Waals surface area contributed by atoms with Crippen molar-refractivity contribution >= 4 is 14.0 Å². The van der Waals surface area contributed by atoms with Gasteiger partial charge in [0.25, 0.3) is 0 Å². The van der Waals surface area contributed by atoms with E-state index in [9.17, 15) is 14.5 Å². The van der Waals surface area contributed by atoms with Gasteiger partial charge in [0.15, 0.2) is 14.5 Å². The summed E-state index contributed by atoms with van der Waals surface area (Å²) in [6.07, 6.45) is -0.176. The van der Waals surface area contributed by atoms with Gasteiger partial charge in [-0.2, -0.15) is 0 Å². The molecule has 1 atom stereocenters. The van der Waals surface area contributed by atoms with Gasteiger partial charge in [-0.25, -0.2) is 9.07 Å². The van der Waals surface area contributed by atoms with Gasteiger partial charge in [-0.05, 0) is 44.1 Å². The molecule has 0 aliphatic heterocycles. The van der Waals surface area contributed by atoms with Gasteiger partial charge in [0.1, 0.15) is 12.8 Å². The van der Waals surface area contributed by atoms with Gasteiger partial charge in [0, 0.05) is 5.69 Å². The molecule has 0 N–H and O–H groups in total. The second-order valence-corrected chi connectivity index (χ2v) is 13.4. The van der Waals surface area contributed by atoms with Gasteiger partial charge < -0.3 is 9.16 Å². The van der Waals surface area contributed by atoms with Crippen LogP contribution in [0.2, 0.25) is 18.1 Å². The van der Waals surface area contributed by atoms with E-state index in [4.69, 9.17) is 9.16 Å². The molecule has 160 valence electrons. The van der Waals surface area contributed by atoms with Crippen molar-refractivity contribution in [2.75, 3.05) is 13.2 Å². The standard InChI is InChI=1S/C19H29FN4O4Si/c1-13-8-9-16(14(2)21-13)23-10-17(24(25)26)18(22-23)27-11-15(20)12-28-29(6,7)19(3,4)5/h8-10,15H,11-12H2,1-7H3. The average molecular weight is 425 g/mol. The lowest BCUT2D eigenvalue weighted by molar-refractivity contribution is -0.386. The predicted octanol–water partition coefficient (Wildman–Crippen LogP) is 4.53. The van der Waals surface area contributed by atoms with Crippen LogP contribution in [0, 0.1) is 24.0 Å². The smallest absolute Gasteiger partial charge is 0.350 e. The van der Waals surface area contributed by atoms with Crippen molar-refractivity contribution in [3.05, 3.63) is 39.8 Å². The summed E-state index contributed by atoms with van der Waals surface area (Å²) in [6, 6.07) is 3.55. The summed E-state index contributed by atoms with van der Waals surface area (Å²) in [5.41, 5.74) is 1.75. The topological polar surface area (TPSA) is 92.3 Å². The Morgan fingerprint density at radius 2 is 1.93 bits per heavy atom. The molecule has 1 unspecified atom stereocenters. The molecule has 0 bridgehead atoms. The van der Waals surface area contributed by atoms with Crippen LogP contribution in [-0.2, 0) is 4.43 Å². The van der Waals surface area contributed by atoms with E-state index in [0.717, 1.165) is 5.69 Å². The molecule has 0 aromatic carbocycles. The monoisotopic (exact) mass is 424 g/mol. The molecule has 0 amide bonds. The first kappa shape index (κ1) is 23.0. The molecular formula is C19H29FN4O4Si. The third-order valence-electron chi connectivity index (χ3n) is 5.14. The zero-order valence-electron chi connectivity index (χ0n) is 18.0. The summed E-state index contributed by atoms with van der Waals surface area (Å²) in [4.78, 5) is 15.1. The lowest BCUT2D eigenvalue weighted by atomic mass is 10.2. The fourth-order valence-electron chi connectivity index (χ4n) is 2.35. The van der Waals surface area contributed by atoms with Crippen molar-refractivity contribution in [2.24, 2.45) is 0 Å². The third-order valence-corrected chi connectivity index (χ3v) is 9.64. The minimum Gasteiger partial charge on any atom is -0.469 e. The zero-order chi connectivity index (χ0) is 22.0. The molecule has 0 spiro atoms. The first-order chi connectivity index (χ1) is 13.3. The van der Waals surface area contributed by atoms with E-state index in [0.29, 0.717) is 11.4 Å². The van der Waals surface area contributed by atoms with Crippen LogP contribution in [-0.4, -0.2) is 47.4 Å². The van der Waals surface area contributed by atoms with Gasteiger partial charge in [-0.15, -0.1) is 5.10 Å². The van der Waals surface area contributed by atoms with E-state index in [1.165, 1.54) is 10.9 Å². The van der Waals surface area contributed by atoms with E-state index in [-0.39, 0.29) is 29.8 Å². The summed E-state index contributed by atoms with van der Waals surface area (Å²) in [5, 5.41) is 15.5. The first-order valence-electron chi connectivity index (χ1n) is 9.41. The van der Waals surface area contributed by atoms with E-state index in [1.54, 1.807) is 19.1 Å². The number of hydrogen-bond donors (Lipinski definition) is 0. The van der Waals surface area contributed by atoms with Crippen LogP contribution in [0.5, 0.6) is 5.88 Å². The van der Waals surface area contributed by atoms with Crippen molar-refractivity contribution in [2.45, 2.75) is 58.9 Å². The van der Waals surface area contributed by atoms with Crippen molar-refractivity contribution in [1.29, 1.82) is 0 Å². The summed E-state index contributed by atoms with van der Waals surface area (Å²) >= 11 is 0. The van der Waals surface area contributed by atoms with Crippen LogP contribution >= 0.6 is 0 Å². The molecule has 0 aliphatic carbocycles. The Morgan fingerprint density at radius 3 is 2.48 bits per heavy atom. The Labute approximate surface area is 171 Å². The number of pyridine rings is 1. The molecule has 8 nitrogen and oxygen atoms in total. The van der Waals surface area contributed by atoms with Crippen LogP contribution < -0.4 is 4.74 Å². The van der Waals surface area contributed by atoms with E-state index in [2.05, 4.69) is 30.9 Å². The third kappa shape index (κ3) is 5.60. The van der Waals surface area contributed by atoms with Gasteiger partial charge in [-0.1, -0.05) is 20.8 Å². The highest BCUT2D eigenvalue weighted by Crippen LogP contribution is 2.36. The fourth-order valence-corrected chi connectivity index (χ4v) is 3.39. The molecule has 2 aromatic rings. The Hall–Kier alpha value is -2.33. The quantitative estimate of drug-likeness (QED) is 0.351. The molecule has 0 saturated heterocycles. The van der Waals surface area contributed by atoms with Gasteiger partial charge >= 0.3 is 11.6 Å². The van der Waals surface area contributed by atoms with Crippen LogP contribution in [0.1, 0.15) is 32.2 Å². The maximum absolute atomic E-state index is 14.3. The molecular weight excluding hydrogens is 395 g/mol. The number of alkyl halides is 1. The first-order valence-corrected chi connectivity index (χ1v) is 12.3. The van der Waals surface area contributed by atoms with E-state index < -0.39 is 19.4 Å². The lowest BCUT2D eigenvalue weighted by Crippen LogP contribution is -2.42. The lowest BCUT2D eigenvalue weighted by Gasteiger charge is -2.36. The highest BCUT2D eigenvalue weighted by atomic mass is 28.4. The SMILES string of the molecule is Cc1ccc(-n2cc([N+](=O)[O-])c(OCC(F)CO[Si](C)(C)C(C)(C)C)n2)c(C)n1. The number of hydrogen-bond acceptors (Lipinski definition) is 6. The maximum atomic E-state index is 14.3. The number of nitro groups is 1. The minimum atomic E-state index is -2.09. The molecule has 0 fully saturated rings. The summed E-state index contributed by atoms with van der Waals surface area (Å²) in [5.74, 6) is -0.232. The maximum Gasteiger partial charge on any atom is 0.350 e. The molecule has 2 aromatic heterocycles. The molecule has 10 heteroatoms. The Balaban J connectivity index is 2.10. The van der Waals surface area contributed by atoms with E-state index >= 15 is 0 Å². The largest absolute Gasteiger partial charge is 0.469 e. The molecule has 0 aliphatic rings. The molecule has 2 rings (SSSR count). The highest BCUT2D eigenvalue weighted by Gasteiger charge is 2.37. The van der Waals surface area contributed by atoms with Crippen LogP contribution in [0.25, 0.3) is 5.69 Å². The second kappa shape index (κ2) is 8.58. The number of aromatic nitrogens is 3. The Kier molecular flexibility index (Phi) is 6.79. The Morgan fingerprint density at radius 1 is 1.28 bits per heavy atom. The predicted molar refractivity (Wildman–Crippen MR) is 111 cm³/mol. The normalized spacial score (nSPS) is 13.4. The van der Waals surface area contributed by atoms with Crippen LogP contribution in [0.4, 0.5) is 10.1 Å². The number of halogens is 1. The van der Waals surface area contributed by atoms with Crippen LogP contribution in [0.3, 0.4) is 0 Å². The van der Waals surface area contributed by atoms with Crippen molar-refractivity contribution < 1.29 is 18.5 Å². The van der Waals surface area contributed by atoms with Gasteiger partial charge in [-0.3, -0.25) is 15.1 Å². The van der Waals surface area contributed by atoms with Gasteiger partial charge in [0.05, 0.1) is 22.9 Å². The zero-order valence-corrected chi connectivity index (χ0v) is 19.0. The number of aryl methyl sites for hydroxylation is 2. The summed E-state index contributed by atoms with van der Waals surface area (Å²) in [6.45, 7) is 13.4. The van der Waals surface area contributed by atoms with Crippen molar-refractivity contribution in [1.82, 2.24) is 14.8 Å².